The zero-order valence-electron chi connectivity index (χ0n) is 14.5. The molecule has 0 unspecified atom stereocenters. The van der Waals surface area contributed by atoms with E-state index in [9.17, 15) is 9.59 Å². The number of hydrogen-bond acceptors (Lipinski definition) is 3. The van der Waals surface area contributed by atoms with E-state index in [0.29, 0.717) is 11.7 Å². The minimum atomic E-state index is -0.466. The van der Waals surface area contributed by atoms with Gasteiger partial charge in [0.25, 0.3) is 11.8 Å². The number of rotatable bonds is 3. The lowest BCUT2D eigenvalue weighted by Gasteiger charge is -2.28. The molecule has 0 spiro atoms. The minimum Gasteiger partial charge on any atom is -0.351 e. The summed E-state index contributed by atoms with van der Waals surface area (Å²) in [6.07, 6.45) is 10.5. The number of carbonyl (C=O) groups is 2. The highest BCUT2D eigenvalue weighted by Crippen LogP contribution is 2.30. The molecule has 1 aromatic carbocycles. The van der Waals surface area contributed by atoms with Crippen molar-refractivity contribution in [3.8, 4) is 0 Å². The van der Waals surface area contributed by atoms with E-state index in [0.717, 1.165) is 10.0 Å². The SMILES string of the molecule is O=C1NC(=S)N(c2ccc(Br)cc2)C(=O)/C1=C\c1ccn(C2CCCC2)c1. The Morgan fingerprint density at radius 3 is 2.52 bits per heavy atom. The number of carbonyl (C=O) groups excluding carboxylic acids is 2. The molecule has 1 aliphatic heterocycles. The van der Waals surface area contributed by atoms with Crippen LogP contribution in [-0.4, -0.2) is 21.5 Å². The maximum Gasteiger partial charge on any atom is 0.270 e. The summed E-state index contributed by atoms with van der Waals surface area (Å²) in [5.41, 5.74) is 1.53. The molecule has 0 radical (unpaired) electrons. The Hall–Kier alpha value is -2.25. The van der Waals surface area contributed by atoms with E-state index < -0.39 is 11.8 Å². The van der Waals surface area contributed by atoms with E-state index in [-0.39, 0.29) is 10.7 Å². The normalized spacial score (nSPS) is 19.8. The average molecular weight is 444 g/mol. The predicted octanol–water partition coefficient (Wildman–Crippen LogP) is 4.20. The summed E-state index contributed by atoms with van der Waals surface area (Å²) < 4.78 is 3.08. The number of amides is 2. The number of nitrogens with zero attached hydrogens (tertiary/aromatic N) is 2. The van der Waals surface area contributed by atoms with Crippen LogP contribution in [0, 0.1) is 0 Å². The fourth-order valence-corrected chi connectivity index (χ4v) is 4.14. The third kappa shape index (κ3) is 3.61. The van der Waals surface area contributed by atoms with Gasteiger partial charge < -0.3 is 4.57 Å². The molecule has 0 bridgehead atoms. The molecule has 1 aromatic heterocycles. The Morgan fingerprint density at radius 2 is 1.81 bits per heavy atom. The van der Waals surface area contributed by atoms with Gasteiger partial charge in [-0.3, -0.25) is 19.8 Å². The van der Waals surface area contributed by atoms with Crippen LogP contribution in [0.2, 0.25) is 0 Å². The third-order valence-electron chi connectivity index (χ3n) is 4.98. The molecule has 27 heavy (non-hydrogen) atoms. The monoisotopic (exact) mass is 443 g/mol. The molecule has 1 aliphatic carbocycles. The van der Waals surface area contributed by atoms with Crippen molar-refractivity contribution >= 4 is 56.8 Å². The molecule has 1 saturated carbocycles. The maximum atomic E-state index is 13.0. The van der Waals surface area contributed by atoms with Crippen LogP contribution >= 0.6 is 28.1 Å². The van der Waals surface area contributed by atoms with Gasteiger partial charge in [0.2, 0.25) is 0 Å². The first-order valence-corrected chi connectivity index (χ1v) is 10.1. The van der Waals surface area contributed by atoms with Crippen LogP contribution in [0.15, 0.2) is 52.8 Å². The predicted molar refractivity (Wildman–Crippen MR) is 112 cm³/mol. The first-order valence-electron chi connectivity index (χ1n) is 8.87. The Labute approximate surface area is 171 Å². The molecule has 5 nitrogen and oxygen atoms in total. The van der Waals surface area contributed by atoms with Crippen LogP contribution in [0.5, 0.6) is 0 Å². The van der Waals surface area contributed by atoms with Crippen molar-refractivity contribution in [2.75, 3.05) is 4.90 Å². The molecule has 7 heteroatoms. The van der Waals surface area contributed by atoms with Crippen LogP contribution in [0.3, 0.4) is 0 Å². The molecule has 0 atom stereocenters. The molecule has 2 heterocycles. The van der Waals surface area contributed by atoms with Crippen molar-refractivity contribution in [3.63, 3.8) is 0 Å². The second-order valence-corrected chi connectivity index (χ2v) is 8.07. The summed E-state index contributed by atoms with van der Waals surface area (Å²) in [6.45, 7) is 0. The highest BCUT2D eigenvalue weighted by molar-refractivity contribution is 9.10. The third-order valence-corrected chi connectivity index (χ3v) is 5.79. The van der Waals surface area contributed by atoms with Crippen molar-refractivity contribution in [3.05, 3.63) is 58.3 Å². The summed E-state index contributed by atoms with van der Waals surface area (Å²) in [5, 5.41) is 2.71. The molecule has 2 aliphatic rings. The Bertz CT molecular complexity index is 942. The number of anilines is 1. The van der Waals surface area contributed by atoms with Gasteiger partial charge in [-0.1, -0.05) is 28.8 Å². The molecular formula is C20H18BrN3O2S. The van der Waals surface area contributed by atoms with Gasteiger partial charge in [-0.05, 0) is 67.0 Å². The van der Waals surface area contributed by atoms with E-state index in [1.807, 2.05) is 30.6 Å². The summed E-state index contributed by atoms with van der Waals surface area (Å²) in [4.78, 5) is 26.7. The number of hydrogen-bond donors (Lipinski definition) is 1. The second kappa shape index (κ2) is 7.40. The summed E-state index contributed by atoms with van der Waals surface area (Å²) >= 11 is 8.60. The number of nitrogens with one attached hydrogen (secondary N) is 1. The first-order chi connectivity index (χ1) is 13.0. The topological polar surface area (TPSA) is 54.3 Å². The van der Waals surface area contributed by atoms with Crippen LogP contribution in [-0.2, 0) is 9.59 Å². The number of thiocarbonyl (C=S) groups is 1. The van der Waals surface area contributed by atoms with Crippen LogP contribution < -0.4 is 10.2 Å². The molecule has 2 amide bonds. The van der Waals surface area contributed by atoms with Gasteiger partial charge in [-0.25, -0.2) is 0 Å². The van der Waals surface area contributed by atoms with Gasteiger partial charge in [0, 0.05) is 22.9 Å². The van der Waals surface area contributed by atoms with Crippen molar-refractivity contribution in [1.82, 2.24) is 9.88 Å². The molecule has 1 saturated heterocycles. The number of benzene rings is 1. The summed E-state index contributed by atoms with van der Waals surface area (Å²) in [6, 6.07) is 9.65. The van der Waals surface area contributed by atoms with Gasteiger partial charge in [0.1, 0.15) is 5.57 Å². The average Bonchev–Trinajstić information content (AvgIpc) is 3.31. The van der Waals surface area contributed by atoms with Crippen LogP contribution in [0.4, 0.5) is 5.69 Å². The number of aromatic nitrogens is 1. The van der Waals surface area contributed by atoms with Crippen LogP contribution in [0.25, 0.3) is 6.08 Å². The quantitative estimate of drug-likeness (QED) is 0.439. The minimum absolute atomic E-state index is 0.0793. The van der Waals surface area contributed by atoms with E-state index in [1.54, 1.807) is 18.2 Å². The fraction of sp³-hybridized carbons (Fsp3) is 0.250. The molecule has 4 rings (SSSR count). The largest absolute Gasteiger partial charge is 0.351 e. The first kappa shape index (κ1) is 18.1. The standard InChI is InChI=1S/C20H18BrN3O2S/c21-14-5-7-16(8-6-14)24-19(26)17(18(25)22-20(24)27)11-13-9-10-23(12-13)15-3-1-2-4-15/h5-12,15H,1-4H2,(H,22,25,27)/b17-11-. The number of halogens is 1. The highest BCUT2D eigenvalue weighted by atomic mass is 79.9. The van der Waals surface area contributed by atoms with E-state index >= 15 is 0 Å². The van der Waals surface area contributed by atoms with Gasteiger partial charge in [-0.2, -0.15) is 0 Å². The Morgan fingerprint density at radius 1 is 1.11 bits per heavy atom. The molecule has 2 fully saturated rings. The molecule has 1 N–H and O–H groups in total. The fourth-order valence-electron chi connectivity index (χ4n) is 3.59. The lowest BCUT2D eigenvalue weighted by molar-refractivity contribution is -0.122. The summed E-state index contributed by atoms with van der Waals surface area (Å²) in [5.74, 6) is -0.883. The van der Waals surface area contributed by atoms with Crippen molar-refractivity contribution in [1.29, 1.82) is 0 Å². The van der Waals surface area contributed by atoms with Crippen molar-refractivity contribution in [2.24, 2.45) is 0 Å². The summed E-state index contributed by atoms with van der Waals surface area (Å²) in [7, 11) is 0. The Kier molecular flexibility index (Phi) is 4.97. The van der Waals surface area contributed by atoms with Gasteiger partial charge in [0.05, 0.1) is 5.69 Å². The highest BCUT2D eigenvalue weighted by Gasteiger charge is 2.34. The van der Waals surface area contributed by atoms with Gasteiger partial charge in [0.15, 0.2) is 5.11 Å². The van der Waals surface area contributed by atoms with E-state index in [2.05, 4.69) is 25.8 Å². The Balaban J connectivity index is 1.64. The van der Waals surface area contributed by atoms with E-state index in [1.165, 1.54) is 30.6 Å². The maximum absolute atomic E-state index is 13.0. The van der Waals surface area contributed by atoms with Crippen LogP contribution in [0.1, 0.15) is 37.3 Å². The van der Waals surface area contributed by atoms with Crippen molar-refractivity contribution in [2.45, 2.75) is 31.7 Å². The van der Waals surface area contributed by atoms with Crippen molar-refractivity contribution < 1.29 is 9.59 Å². The van der Waals surface area contributed by atoms with E-state index in [4.69, 9.17) is 12.2 Å². The van der Waals surface area contributed by atoms with Gasteiger partial charge in [-0.15, -0.1) is 0 Å². The second-order valence-electron chi connectivity index (χ2n) is 6.76. The zero-order chi connectivity index (χ0) is 19.0. The zero-order valence-corrected chi connectivity index (χ0v) is 16.9. The lowest BCUT2D eigenvalue weighted by atomic mass is 10.1. The molecule has 138 valence electrons. The molecular weight excluding hydrogens is 426 g/mol. The van der Waals surface area contributed by atoms with Gasteiger partial charge >= 0.3 is 0 Å². The lowest BCUT2D eigenvalue weighted by Crippen LogP contribution is -2.54. The smallest absolute Gasteiger partial charge is 0.270 e. The molecule has 2 aromatic rings.